The molecule has 2 rings (SSSR count). The van der Waals surface area contributed by atoms with Gasteiger partial charge in [0.25, 0.3) is 0 Å². The third-order valence-corrected chi connectivity index (χ3v) is 3.55. The molecule has 6 heteroatoms. The Hall–Kier alpha value is -1.30. The molecule has 0 aliphatic carbocycles. The number of nitrogens with one attached hydrogen (secondary N) is 1. The summed E-state index contributed by atoms with van der Waals surface area (Å²) in [7, 11) is 0. The third kappa shape index (κ3) is 2.68. The van der Waals surface area contributed by atoms with Gasteiger partial charge in [-0.15, -0.1) is 0 Å². The maximum Gasteiger partial charge on any atom is 0.435 e. The first-order valence-corrected chi connectivity index (χ1v) is 6.54. The lowest BCUT2D eigenvalue weighted by molar-refractivity contribution is -0.140. The van der Waals surface area contributed by atoms with Crippen LogP contribution in [0.2, 0.25) is 0 Å². The number of halogens is 4. The minimum Gasteiger partial charge on any atom is -0.281 e. The molecule has 0 saturated carbocycles. The maximum atomic E-state index is 13.0. The molecule has 2 nitrogen and oxygen atoms in total. The topological polar surface area (TPSA) is 28.7 Å². The number of nitrogens with zero attached hydrogens (tertiary/aromatic N) is 1. The van der Waals surface area contributed by atoms with Crippen molar-refractivity contribution in [2.45, 2.75) is 26.4 Å². The zero-order chi connectivity index (χ0) is 14.2. The molecule has 1 aromatic carbocycles. The average molecular weight is 333 g/mol. The van der Waals surface area contributed by atoms with Crippen LogP contribution in [0.5, 0.6) is 0 Å². The minimum absolute atomic E-state index is 0.130. The number of hydrogen-bond donors (Lipinski definition) is 1. The molecule has 0 aliphatic rings. The van der Waals surface area contributed by atoms with Gasteiger partial charge < -0.3 is 0 Å². The summed E-state index contributed by atoms with van der Waals surface area (Å²) in [5.74, 6) is 0. The van der Waals surface area contributed by atoms with Crippen molar-refractivity contribution in [3.63, 3.8) is 0 Å². The summed E-state index contributed by atoms with van der Waals surface area (Å²) in [6, 6.07) is 5.31. The molecule has 0 atom stereocenters. The summed E-state index contributed by atoms with van der Waals surface area (Å²) < 4.78 is 39.7. The Kier molecular flexibility index (Phi) is 3.71. The van der Waals surface area contributed by atoms with Crippen molar-refractivity contribution in [1.82, 2.24) is 10.2 Å². The first-order chi connectivity index (χ1) is 8.84. The van der Waals surface area contributed by atoms with Crippen LogP contribution < -0.4 is 0 Å². The van der Waals surface area contributed by atoms with E-state index in [9.17, 15) is 13.2 Å². The third-order valence-electron chi connectivity index (χ3n) is 2.85. The zero-order valence-electron chi connectivity index (χ0n) is 10.4. The molecule has 0 radical (unpaired) electrons. The summed E-state index contributed by atoms with van der Waals surface area (Å²) >= 11 is 3.31. The lowest BCUT2D eigenvalue weighted by Gasteiger charge is -2.10. The quantitative estimate of drug-likeness (QED) is 0.846. The number of benzene rings is 1. The van der Waals surface area contributed by atoms with Gasteiger partial charge in [-0.25, -0.2) is 0 Å². The second kappa shape index (κ2) is 5.00. The number of rotatable bonds is 2. The largest absolute Gasteiger partial charge is 0.435 e. The van der Waals surface area contributed by atoms with Gasteiger partial charge in [0.1, 0.15) is 0 Å². The summed E-state index contributed by atoms with van der Waals surface area (Å²) in [6.45, 7) is 3.63. The highest BCUT2D eigenvalue weighted by atomic mass is 79.9. The van der Waals surface area contributed by atoms with E-state index in [1.165, 1.54) is 0 Å². The SMILES string of the molecule is CCc1[nH]nc(C(F)(F)F)c1-c1cc(C)ccc1Br. The number of aromatic nitrogens is 2. The molecular formula is C13H12BrF3N2. The predicted molar refractivity (Wildman–Crippen MR) is 70.8 cm³/mol. The lowest BCUT2D eigenvalue weighted by Crippen LogP contribution is -2.07. The van der Waals surface area contributed by atoms with Crippen molar-refractivity contribution in [3.8, 4) is 11.1 Å². The van der Waals surface area contributed by atoms with E-state index < -0.39 is 11.9 Å². The minimum atomic E-state index is -4.47. The molecule has 19 heavy (non-hydrogen) atoms. The summed E-state index contributed by atoms with van der Waals surface area (Å²) in [5.41, 5.74) is 1.16. The van der Waals surface area contributed by atoms with E-state index in [1.807, 2.05) is 13.0 Å². The van der Waals surface area contributed by atoms with E-state index in [0.29, 0.717) is 22.2 Å². The van der Waals surface area contributed by atoms with Gasteiger partial charge in [0.2, 0.25) is 0 Å². The van der Waals surface area contributed by atoms with Crippen LogP contribution in [0.3, 0.4) is 0 Å². The van der Waals surface area contributed by atoms with E-state index in [0.717, 1.165) is 5.56 Å². The summed E-state index contributed by atoms with van der Waals surface area (Å²) in [5, 5.41) is 5.92. The molecule has 1 aromatic heterocycles. The predicted octanol–water partition coefficient (Wildman–Crippen LogP) is 4.73. The Bertz CT molecular complexity index is 602. The van der Waals surface area contributed by atoms with Crippen molar-refractivity contribution >= 4 is 15.9 Å². The Balaban J connectivity index is 2.73. The molecule has 0 fully saturated rings. The second-order valence-corrected chi connectivity index (χ2v) is 5.11. The number of aryl methyl sites for hydroxylation is 2. The van der Waals surface area contributed by atoms with Crippen LogP contribution in [-0.2, 0) is 12.6 Å². The highest BCUT2D eigenvalue weighted by Crippen LogP contribution is 2.40. The molecule has 1 N–H and O–H groups in total. The Morgan fingerprint density at radius 3 is 2.58 bits per heavy atom. The standard InChI is InChI=1S/C13H12BrF3N2/c1-3-10-11(12(19-18-10)13(15,16)17)8-6-7(2)4-5-9(8)14/h4-6H,3H2,1-2H3,(H,18,19). The molecule has 0 aliphatic heterocycles. The molecule has 1 heterocycles. The molecule has 0 saturated heterocycles. The van der Waals surface area contributed by atoms with Gasteiger partial charge in [0, 0.05) is 21.3 Å². The molecule has 102 valence electrons. The van der Waals surface area contributed by atoms with E-state index in [2.05, 4.69) is 26.1 Å². The van der Waals surface area contributed by atoms with Gasteiger partial charge in [0.05, 0.1) is 0 Å². The summed E-state index contributed by atoms with van der Waals surface area (Å²) in [6.07, 6.45) is -4.01. The first kappa shape index (κ1) is 14.1. The number of hydrogen-bond acceptors (Lipinski definition) is 1. The van der Waals surface area contributed by atoms with E-state index in [-0.39, 0.29) is 5.56 Å². The van der Waals surface area contributed by atoms with Crippen molar-refractivity contribution < 1.29 is 13.2 Å². The molecule has 2 aromatic rings. The van der Waals surface area contributed by atoms with Crippen LogP contribution in [0.15, 0.2) is 22.7 Å². The lowest BCUT2D eigenvalue weighted by atomic mass is 10.00. The van der Waals surface area contributed by atoms with Crippen molar-refractivity contribution in [2.24, 2.45) is 0 Å². The van der Waals surface area contributed by atoms with Gasteiger partial charge >= 0.3 is 6.18 Å². The van der Waals surface area contributed by atoms with Gasteiger partial charge in [0.15, 0.2) is 5.69 Å². The van der Waals surface area contributed by atoms with Crippen LogP contribution in [-0.4, -0.2) is 10.2 Å². The Labute approximate surface area is 117 Å². The Morgan fingerprint density at radius 1 is 1.32 bits per heavy atom. The average Bonchev–Trinajstić information content (AvgIpc) is 2.75. The molecular weight excluding hydrogens is 321 g/mol. The maximum absolute atomic E-state index is 13.0. The second-order valence-electron chi connectivity index (χ2n) is 4.26. The van der Waals surface area contributed by atoms with Gasteiger partial charge in [-0.05, 0) is 19.4 Å². The van der Waals surface area contributed by atoms with Crippen LogP contribution in [0.1, 0.15) is 23.9 Å². The van der Waals surface area contributed by atoms with Crippen molar-refractivity contribution in [2.75, 3.05) is 0 Å². The fourth-order valence-corrected chi connectivity index (χ4v) is 2.40. The fourth-order valence-electron chi connectivity index (χ4n) is 1.96. The number of H-pyrrole nitrogens is 1. The highest BCUT2D eigenvalue weighted by Gasteiger charge is 2.38. The van der Waals surface area contributed by atoms with Gasteiger partial charge in [-0.2, -0.15) is 18.3 Å². The first-order valence-electron chi connectivity index (χ1n) is 5.75. The number of aromatic amines is 1. The van der Waals surface area contributed by atoms with Crippen molar-refractivity contribution in [1.29, 1.82) is 0 Å². The molecule has 0 amide bonds. The zero-order valence-corrected chi connectivity index (χ0v) is 12.0. The monoisotopic (exact) mass is 332 g/mol. The highest BCUT2D eigenvalue weighted by molar-refractivity contribution is 9.10. The van der Waals surface area contributed by atoms with E-state index >= 15 is 0 Å². The normalized spacial score (nSPS) is 11.9. The van der Waals surface area contributed by atoms with Crippen LogP contribution in [0.25, 0.3) is 11.1 Å². The van der Waals surface area contributed by atoms with Gasteiger partial charge in [-0.1, -0.05) is 40.5 Å². The molecule has 0 bridgehead atoms. The smallest absolute Gasteiger partial charge is 0.281 e. The Morgan fingerprint density at radius 2 is 2.00 bits per heavy atom. The van der Waals surface area contributed by atoms with Crippen LogP contribution in [0.4, 0.5) is 13.2 Å². The molecule has 0 unspecified atom stereocenters. The fraction of sp³-hybridized carbons (Fsp3) is 0.308. The van der Waals surface area contributed by atoms with Gasteiger partial charge in [-0.3, -0.25) is 5.10 Å². The van der Waals surface area contributed by atoms with E-state index in [1.54, 1.807) is 19.1 Å². The number of alkyl halides is 3. The van der Waals surface area contributed by atoms with Crippen LogP contribution in [0, 0.1) is 6.92 Å². The van der Waals surface area contributed by atoms with E-state index in [4.69, 9.17) is 0 Å². The van der Waals surface area contributed by atoms with Crippen molar-refractivity contribution in [3.05, 3.63) is 39.6 Å². The summed E-state index contributed by atoms with van der Waals surface area (Å²) in [4.78, 5) is 0. The van der Waals surface area contributed by atoms with Crippen LogP contribution >= 0.6 is 15.9 Å². The molecule has 0 spiro atoms.